The molecular formula is C6F8O4-2. The van der Waals surface area contributed by atoms with Crippen LogP contribution in [0.15, 0.2) is 0 Å². The van der Waals surface area contributed by atoms with Crippen molar-refractivity contribution in [1.82, 2.24) is 0 Å². The molecule has 0 aromatic heterocycles. The Labute approximate surface area is 91.8 Å². The van der Waals surface area contributed by atoms with Crippen molar-refractivity contribution >= 4 is 11.9 Å². The number of carbonyl (C=O) groups is 2. The Morgan fingerprint density at radius 2 is 0.778 bits per heavy atom. The van der Waals surface area contributed by atoms with Gasteiger partial charge in [0.15, 0.2) is 0 Å². The second-order valence-corrected chi connectivity index (χ2v) is 2.87. The van der Waals surface area contributed by atoms with Crippen molar-refractivity contribution in [1.29, 1.82) is 0 Å². The van der Waals surface area contributed by atoms with E-state index in [2.05, 4.69) is 0 Å². The number of carbonyl (C=O) groups excluding carboxylic acids is 2. The van der Waals surface area contributed by atoms with Crippen LogP contribution in [0.1, 0.15) is 0 Å². The van der Waals surface area contributed by atoms with Crippen molar-refractivity contribution in [2.24, 2.45) is 0 Å². The van der Waals surface area contributed by atoms with Crippen molar-refractivity contribution in [3.63, 3.8) is 0 Å². The van der Waals surface area contributed by atoms with E-state index in [9.17, 15) is 54.9 Å². The van der Waals surface area contributed by atoms with Crippen LogP contribution in [-0.4, -0.2) is 35.6 Å². The molecule has 4 nitrogen and oxygen atoms in total. The summed E-state index contributed by atoms with van der Waals surface area (Å²) >= 11 is 0. The molecule has 0 spiro atoms. The molecule has 106 valence electrons. The lowest BCUT2D eigenvalue weighted by Crippen LogP contribution is -2.69. The van der Waals surface area contributed by atoms with E-state index in [-0.39, 0.29) is 0 Å². The van der Waals surface area contributed by atoms with Gasteiger partial charge >= 0.3 is 23.7 Å². The highest BCUT2D eigenvalue weighted by atomic mass is 19.4. The Hall–Kier alpha value is -1.62. The minimum atomic E-state index is -7.22. The van der Waals surface area contributed by atoms with Crippen molar-refractivity contribution in [3.05, 3.63) is 0 Å². The first-order valence-corrected chi connectivity index (χ1v) is 3.58. The largest absolute Gasteiger partial charge is 0.544 e. The summed E-state index contributed by atoms with van der Waals surface area (Å²) in [5, 5.41) is 19.1. The van der Waals surface area contributed by atoms with Crippen LogP contribution in [0.5, 0.6) is 0 Å². The topological polar surface area (TPSA) is 80.3 Å². The zero-order valence-electron chi connectivity index (χ0n) is 7.66. The van der Waals surface area contributed by atoms with E-state index >= 15 is 0 Å². The van der Waals surface area contributed by atoms with Gasteiger partial charge in [-0.3, -0.25) is 0 Å². The number of halogens is 8. The molecule has 0 aliphatic heterocycles. The van der Waals surface area contributed by atoms with E-state index in [1.54, 1.807) is 0 Å². The average molecular weight is 288 g/mol. The highest BCUT2D eigenvalue weighted by Crippen LogP contribution is 2.52. The summed E-state index contributed by atoms with van der Waals surface area (Å²) in [4.78, 5) is 19.1. The molecule has 0 fully saturated rings. The van der Waals surface area contributed by atoms with E-state index in [0.717, 1.165) is 0 Å². The first kappa shape index (κ1) is 16.4. The first-order valence-electron chi connectivity index (χ1n) is 3.58. The zero-order chi connectivity index (χ0) is 15.2. The van der Waals surface area contributed by atoms with Crippen LogP contribution < -0.4 is 10.2 Å². The maximum absolute atomic E-state index is 12.4. The van der Waals surface area contributed by atoms with E-state index in [0.29, 0.717) is 0 Å². The Morgan fingerprint density at radius 1 is 0.611 bits per heavy atom. The van der Waals surface area contributed by atoms with Gasteiger partial charge in [0.25, 0.3) is 0 Å². The van der Waals surface area contributed by atoms with Crippen LogP contribution in [-0.2, 0) is 9.59 Å². The average Bonchev–Trinajstić information content (AvgIpc) is 2.15. The predicted octanol–water partition coefficient (Wildman–Crippen LogP) is -0.973. The molecule has 0 heterocycles. The third-order valence-corrected chi connectivity index (χ3v) is 1.70. The maximum Gasteiger partial charge on any atom is 0.384 e. The van der Waals surface area contributed by atoms with Crippen LogP contribution in [0.3, 0.4) is 0 Å². The fraction of sp³-hybridized carbons (Fsp3) is 0.667. The van der Waals surface area contributed by atoms with Gasteiger partial charge in [-0.1, -0.05) is 0 Å². The molecule has 0 aliphatic carbocycles. The molecule has 18 heavy (non-hydrogen) atoms. The summed E-state index contributed by atoms with van der Waals surface area (Å²) in [7, 11) is 0. The van der Waals surface area contributed by atoms with Crippen molar-refractivity contribution in [2.45, 2.75) is 23.7 Å². The van der Waals surface area contributed by atoms with Crippen LogP contribution in [0.2, 0.25) is 0 Å². The molecule has 0 saturated carbocycles. The fourth-order valence-electron chi connectivity index (χ4n) is 0.651. The van der Waals surface area contributed by atoms with Gasteiger partial charge < -0.3 is 19.8 Å². The van der Waals surface area contributed by atoms with Crippen molar-refractivity contribution in [3.8, 4) is 0 Å². The lowest BCUT2D eigenvalue weighted by atomic mass is 9.99. The SMILES string of the molecule is O=C([O-])C(F)(F)C(F)(F)C(F)(F)C(F)(F)C(=O)[O-]. The van der Waals surface area contributed by atoms with Gasteiger partial charge in [0.05, 0.1) is 0 Å². The Morgan fingerprint density at radius 3 is 0.889 bits per heavy atom. The molecule has 12 heteroatoms. The van der Waals surface area contributed by atoms with E-state index in [4.69, 9.17) is 0 Å². The summed E-state index contributed by atoms with van der Waals surface area (Å²) in [5.41, 5.74) is 0. The molecule has 0 aromatic rings. The van der Waals surface area contributed by atoms with Gasteiger partial charge in [-0.05, 0) is 0 Å². The monoisotopic (exact) mass is 288 g/mol. The molecule has 0 atom stereocenters. The number of carboxylic acid groups (broad SMARTS) is 2. The summed E-state index contributed by atoms with van der Waals surface area (Å²) in [5.74, 6) is -36.1. The third kappa shape index (κ3) is 1.84. The Kier molecular flexibility index (Phi) is 3.59. The summed E-state index contributed by atoms with van der Waals surface area (Å²) in [6.07, 6.45) is 0. The van der Waals surface area contributed by atoms with Crippen molar-refractivity contribution < 1.29 is 54.9 Å². The van der Waals surface area contributed by atoms with Crippen LogP contribution >= 0.6 is 0 Å². The van der Waals surface area contributed by atoms with E-state index in [1.165, 1.54) is 0 Å². The zero-order valence-corrected chi connectivity index (χ0v) is 7.66. The number of hydrogen-bond acceptors (Lipinski definition) is 4. The first-order chi connectivity index (χ1) is 7.64. The van der Waals surface area contributed by atoms with Crippen LogP contribution in [0, 0.1) is 0 Å². The predicted molar refractivity (Wildman–Crippen MR) is 29.8 cm³/mol. The molecule has 0 aliphatic rings. The highest BCUT2D eigenvalue weighted by molar-refractivity contribution is 5.78. The third-order valence-electron chi connectivity index (χ3n) is 1.70. The minimum absolute atomic E-state index is 4.08. The van der Waals surface area contributed by atoms with Gasteiger partial charge in [-0.2, -0.15) is 35.1 Å². The smallest absolute Gasteiger partial charge is 0.384 e. The molecule has 0 unspecified atom stereocenters. The van der Waals surface area contributed by atoms with E-state index in [1.807, 2.05) is 0 Å². The number of carboxylic acids is 2. The fourth-order valence-corrected chi connectivity index (χ4v) is 0.651. The second-order valence-electron chi connectivity index (χ2n) is 2.87. The van der Waals surface area contributed by atoms with Crippen molar-refractivity contribution in [2.75, 3.05) is 0 Å². The molecule has 0 bridgehead atoms. The van der Waals surface area contributed by atoms with Gasteiger partial charge in [-0.25, -0.2) is 0 Å². The molecular weight excluding hydrogens is 288 g/mol. The number of aliphatic carboxylic acids is 2. The molecule has 0 saturated heterocycles. The van der Waals surface area contributed by atoms with Gasteiger partial charge in [0.1, 0.15) is 11.9 Å². The summed E-state index contributed by atoms with van der Waals surface area (Å²) in [6.45, 7) is 0. The van der Waals surface area contributed by atoms with Gasteiger partial charge in [-0.15, -0.1) is 0 Å². The Balaban J connectivity index is 5.89. The molecule has 0 rings (SSSR count). The maximum atomic E-state index is 12.4. The Bertz CT molecular complexity index is 340. The quantitative estimate of drug-likeness (QED) is 0.609. The van der Waals surface area contributed by atoms with E-state index < -0.39 is 35.6 Å². The lowest BCUT2D eigenvalue weighted by Gasteiger charge is -2.37. The molecule has 0 N–H and O–H groups in total. The normalized spacial score (nSPS) is 14.4. The minimum Gasteiger partial charge on any atom is -0.544 e. The number of alkyl halides is 8. The van der Waals surface area contributed by atoms with Crippen LogP contribution in [0.25, 0.3) is 0 Å². The molecule has 0 radical (unpaired) electrons. The van der Waals surface area contributed by atoms with Gasteiger partial charge in [0, 0.05) is 0 Å². The molecule has 0 aromatic carbocycles. The standard InChI is InChI=1S/C6H2F8O4/c7-3(8,1(15)16)5(11,12)6(13,14)4(9,10)2(17)18/h(H,15,16)(H,17,18)/p-2. The molecule has 0 amide bonds. The second kappa shape index (κ2) is 3.95. The number of rotatable bonds is 5. The number of hydrogen-bond donors (Lipinski definition) is 0. The summed E-state index contributed by atoms with van der Waals surface area (Å²) < 4.78 is 98.3. The lowest BCUT2D eigenvalue weighted by molar-refractivity contribution is -0.404. The van der Waals surface area contributed by atoms with Gasteiger partial charge in [0.2, 0.25) is 0 Å². The highest BCUT2D eigenvalue weighted by Gasteiger charge is 2.81. The van der Waals surface area contributed by atoms with Crippen LogP contribution in [0.4, 0.5) is 35.1 Å². The summed E-state index contributed by atoms with van der Waals surface area (Å²) in [6, 6.07) is 0.